The quantitative estimate of drug-likeness (QED) is 0.572. The number of rotatable bonds is 1. The Kier molecular flexibility index (Phi) is 3.80. The van der Waals surface area contributed by atoms with E-state index in [0.29, 0.717) is 6.42 Å². The molecule has 11 heavy (non-hydrogen) atoms. The SMILES string of the molecule is ClC(Cl)(Cl)C[C]1CCCCC1. The van der Waals surface area contributed by atoms with Gasteiger partial charge in [0.15, 0.2) is 3.79 Å². The van der Waals surface area contributed by atoms with Gasteiger partial charge in [-0.3, -0.25) is 0 Å². The Labute approximate surface area is 83.2 Å². The molecule has 0 aliphatic heterocycles. The number of halogens is 3. The summed E-state index contributed by atoms with van der Waals surface area (Å²) in [6, 6.07) is 0. The van der Waals surface area contributed by atoms with E-state index in [1.807, 2.05) is 0 Å². The Balaban J connectivity index is 2.24. The van der Waals surface area contributed by atoms with Crippen molar-refractivity contribution in [1.29, 1.82) is 0 Å². The van der Waals surface area contributed by atoms with E-state index in [2.05, 4.69) is 0 Å². The number of hydrogen-bond donors (Lipinski definition) is 0. The predicted octanol–water partition coefficient (Wildman–Crippen LogP) is 4.29. The zero-order chi connectivity index (χ0) is 8.32. The van der Waals surface area contributed by atoms with Gasteiger partial charge in [-0.1, -0.05) is 54.1 Å². The maximum absolute atomic E-state index is 5.68. The molecule has 0 bridgehead atoms. The molecule has 1 aliphatic carbocycles. The molecule has 1 saturated carbocycles. The summed E-state index contributed by atoms with van der Waals surface area (Å²) in [5.74, 6) is 1.43. The van der Waals surface area contributed by atoms with E-state index in [-0.39, 0.29) is 0 Å². The van der Waals surface area contributed by atoms with Crippen molar-refractivity contribution in [3.8, 4) is 0 Å². The Morgan fingerprint density at radius 1 is 1.00 bits per heavy atom. The van der Waals surface area contributed by atoms with Crippen LogP contribution in [0.2, 0.25) is 0 Å². The molecule has 65 valence electrons. The van der Waals surface area contributed by atoms with Gasteiger partial charge in [0.05, 0.1) is 0 Å². The van der Waals surface area contributed by atoms with E-state index in [9.17, 15) is 0 Å². The first kappa shape index (κ1) is 9.95. The van der Waals surface area contributed by atoms with Crippen LogP contribution in [0.15, 0.2) is 0 Å². The molecule has 0 aromatic carbocycles. The van der Waals surface area contributed by atoms with Crippen molar-refractivity contribution in [2.45, 2.75) is 42.3 Å². The Morgan fingerprint density at radius 2 is 1.55 bits per heavy atom. The fourth-order valence-electron chi connectivity index (χ4n) is 1.51. The molecule has 0 spiro atoms. The first-order valence-electron chi connectivity index (χ1n) is 3.98. The molecule has 0 saturated heterocycles. The third kappa shape index (κ3) is 4.45. The third-order valence-electron chi connectivity index (χ3n) is 2.01. The van der Waals surface area contributed by atoms with Crippen molar-refractivity contribution < 1.29 is 0 Å². The summed E-state index contributed by atoms with van der Waals surface area (Å²) in [6.45, 7) is 0. The van der Waals surface area contributed by atoms with Gasteiger partial charge in [0, 0.05) is 6.42 Å². The van der Waals surface area contributed by atoms with Crippen LogP contribution >= 0.6 is 34.8 Å². The lowest BCUT2D eigenvalue weighted by atomic mass is 9.87. The Hall–Kier alpha value is 0.870. The van der Waals surface area contributed by atoms with Crippen LogP contribution in [0.1, 0.15) is 38.5 Å². The highest BCUT2D eigenvalue weighted by Gasteiger charge is 2.26. The van der Waals surface area contributed by atoms with Crippen LogP contribution in [-0.4, -0.2) is 3.79 Å². The van der Waals surface area contributed by atoms with Crippen LogP contribution in [0.5, 0.6) is 0 Å². The molecule has 0 nitrogen and oxygen atoms in total. The molecule has 0 aromatic heterocycles. The summed E-state index contributed by atoms with van der Waals surface area (Å²) in [6.07, 6.45) is 6.86. The van der Waals surface area contributed by atoms with Gasteiger partial charge in [-0.25, -0.2) is 0 Å². The molecular weight excluding hydrogens is 202 g/mol. The van der Waals surface area contributed by atoms with Gasteiger partial charge in [0.1, 0.15) is 0 Å². The summed E-state index contributed by atoms with van der Waals surface area (Å²) in [5.41, 5.74) is 0. The van der Waals surface area contributed by atoms with E-state index in [1.54, 1.807) is 0 Å². The molecule has 0 atom stereocenters. The largest absolute Gasteiger partial charge is 0.191 e. The van der Waals surface area contributed by atoms with E-state index >= 15 is 0 Å². The second kappa shape index (κ2) is 4.20. The molecule has 0 heterocycles. The van der Waals surface area contributed by atoms with Gasteiger partial charge in [-0.05, 0) is 18.8 Å². The molecular formula is C8H12Cl3. The minimum atomic E-state index is -1.06. The highest BCUT2D eigenvalue weighted by Crippen LogP contribution is 2.39. The molecule has 0 amide bonds. The van der Waals surface area contributed by atoms with Crippen molar-refractivity contribution in [2.75, 3.05) is 0 Å². The van der Waals surface area contributed by atoms with Gasteiger partial charge in [-0.2, -0.15) is 0 Å². The van der Waals surface area contributed by atoms with Gasteiger partial charge in [-0.15, -0.1) is 0 Å². The average Bonchev–Trinajstić information content (AvgIpc) is 1.85. The van der Waals surface area contributed by atoms with Crippen molar-refractivity contribution in [3.05, 3.63) is 5.92 Å². The van der Waals surface area contributed by atoms with Crippen LogP contribution in [-0.2, 0) is 0 Å². The zero-order valence-corrected chi connectivity index (χ0v) is 8.64. The summed E-state index contributed by atoms with van der Waals surface area (Å²) < 4.78 is -1.06. The summed E-state index contributed by atoms with van der Waals surface area (Å²) in [4.78, 5) is 0. The molecule has 3 heteroatoms. The standard InChI is InChI=1S/C8H12Cl3/c9-8(10,11)6-7-4-2-1-3-5-7/h1-6H2. The van der Waals surface area contributed by atoms with Crippen LogP contribution in [0.25, 0.3) is 0 Å². The van der Waals surface area contributed by atoms with Crippen molar-refractivity contribution >= 4 is 34.8 Å². The van der Waals surface area contributed by atoms with E-state index in [4.69, 9.17) is 34.8 Å². The van der Waals surface area contributed by atoms with E-state index in [1.165, 1.54) is 25.2 Å². The highest BCUT2D eigenvalue weighted by molar-refractivity contribution is 6.67. The maximum Gasteiger partial charge on any atom is 0.191 e. The minimum Gasteiger partial charge on any atom is -0.0837 e. The van der Waals surface area contributed by atoms with Crippen molar-refractivity contribution in [3.63, 3.8) is 0 Å². The first-order valence-corrected chi connectivity index (χ1v) is 5.12. The Morgan fingerprint density at radius 3 is 2.00 bits per heavy atom. The molecule has 1 rings (SSSR count). The number of alkyl halides is 3. The lowest BCUT2D eigenvalue weighted by Gasteiger charge is -2.23. The molecule has 0 aromatic rings. The molecule has 1 radical (unpaired) electrons. The lowest BCUT2D eigenvalue weighted by Crippen LogP contribution is -2.12. The van der Waals surface area contributed by atoms with Crippen LogP contribution in [0, 0.1) is 5.92 Å². The summed E-state index contributed by atoms with van der Waals surface area (Å²) in [5, 5.41) is 0. The van der Waals surface area contributed by atoms with Gasteiger partial charge >= 0.3 is 0 Å². The minimum absolute atomic E-state index is 0.650. The maximum atomic E-state index is 5.68. The van der Waals surface area contributed by atoms with Crippen LogP contribution in [0.4, 0.5) is 0 Å². The Bertz CT molecular complexity index is 111. The highest BCUT2D eigenvalue weighted by atomic mass is 35.6. The molecule has 1 fully saturated rings. The first-order chi connectivity index (χ1) is 5.08. The second-order valence-corrected chi connectivity index (χ2v) is 5.62. The van der Waals surface area contributed by atoms with Gasteiger partial charge in [0.2, 0.25) is 0 Å². The fraction of sp³-hybridized carbons (Fsp3) is 0.875. The third-order valence-corrected chi connectivity index (χ3v) is 2.41. The fourth-order valence-corrected chi connectivity index (χ4v) is 2.08. The predicted molar refractivity (Wildman–Crippen MR) is 51.2 cm³/mol. The van der Waals surface area contributed by atoms with Crippen LogP contribution in [0.3, 0.4) is 0 Å². The smallest absolute Gasteiger partial charge is 0.0837 e. The average molecular weight is 215 g/mol. The summed E-state index contributed by atoms with van der Waals surface area (Å²) >= 11 is 17.0. The second-order valence-electron chi connectivity index (χ2n) is 3.10. The zero-order valence-electron chi connectivity index (χ0n) is 6.38. The molecule has 1 aliphatic rings. The number of hydrogen-bond acceptors (Lipinski definition) is 0. The molecule has 0 N–H and O–H groups in total. The van der Waals surface area contributed by atoms with Crippen molar-refractivity contribution in [2.24, 2.45) is 0 Å². The topological polar surface area (TPSA) is 0 Å². The lowest BCUT2D eigenvalue weighted by molar-refractivity contribution is 0.508. The van der Waals surface area contributed by atoms with Gasteiger partial charge < -0.3 is 0 Å². The van der Waals surface area contributed by atoms with E-state index in [0.717, 1.165) is 12.8 Å². The van der Waals surface area contributed by atoms with Crippen LogP contribution < -0.4 is 0 Å². The monoisotopic (exact) mass is 213 g/mol. The summed E-state index contributed by atoms with van der Waals surface area (Å²) in [7, 11) is 0. The van der Waals surface area contributed by atoms with E-state index < -0.39 is 3.79 Å². The van der Waals surface area contributed by atoms with Gasteiger partial charge in [0.25, 0.3) is 0 Å². The van der Waals surface area contributed by atoms with Crippen molar-refractivity contribution in [1.82, 2.24) is 0 Å². The molecule has 0 unspecified atom stereocenters. The normalized spacial score (nSPS) is 22.1.